The Bertz CT molecular complexity index is 1450. The fourth-order valence-corrected chi connectivity index (χ4v) is 5.93. The fourth-order valence-electron chi connectivity index (χ4n) is 4.61. The number of fused-ring (bicyclic) bond motifs is 1. The number of halogens is 1. The van der Waals surface area contributed by atoms with E-state index in [9.17, 15) is 12.8 Å². The largest absolute Gasteiger partial charge is 0.294 e. The predicted octanol–water partition coefficient (Wildman–Crippen LogP) is 2.67. The molecular formula is C23H26FN7O2S. The van der Waals surface area contributed by atoms with Crippen LogP contribution in [-0.4, -0.2) is 68.6 Å². The lowest BCUT2D eigenvalue weighted by molar-refractivity contribution is 0.124. The molecule has 0 amide bonds. The highest BCUT2D eigenvalue weighted by Crippen LogP contribution is 2.33. The van der Waals surface area contributed by atoms with Crippen molar-refractivity contribution in [3.63, 3.8) is 0 Å². The molecule has 1 atom stereocenters. The first-order valence-electron chi connectivity index (χ1n) is 11.1. The summed E-state index contributed by atoms with van der Waals surface area (Å²) in [6.45, 7) is 6.25. The van der Waals surface area contributed by atoms with Gasteiger partial charge in [-0.25, -0.2) is 17.5 Å². The smallest absolute Gasteiger partial charge is 0.264 e. The van der Waals surface area contributed by atoms with Crippen molar-refractivity contribution in [2.75, 3.05) is 26.2 Å². The second kappa shape index (κ2) is 8.57. The summed E-state index contributed by atoms with van der Waals surface area (Å²) in [6.07, 6.45) is 3.08. The summed E-state index contributed by atoms with van der Waals surface area (Å²) in [5.41, 5.74) is 3.79. The molecule has 0 bridgehead atoms. The Kier molecular flexibility index (Phi) is 5.70. The summed E-state index contributed by atoms with van der Waals surface area (Å²) in [6, 6.07) is 10.3. The maximum absolute atomic E-state index is 13.4. The molecule has 11 heteroatoms. The van der Waals surface area contributed by atoms with Gasteiger partial charge in [0.05, 0.1) is 23.6 Å². The third kappa shape index (κ3) is 3.89. The minimum atomic E-state index is -3.74. The van der Waals surface area contributed by atoms with Crippen LogP contribution in [0, 0.1) is 12.7 Å². The van der Waals surface area contributed by atoms with Gasteiger partial charge in [-0.15, -0.1) is 5.10 Å². The van der Waals surface area contributed by atoms with Crippen molar-refractivity contribution in [1.29, 1.82) is 0 Å². The van der Waals surface area contributed by atoms with Crippen LogP contribution in [0.2, 0.25) is 0 Å². The van der Waals surface area contributed by atoms with E-state index in [4.69, 9.17) is 0 Å². The van der Waals surface area contributed by atoms with Gasteiger partial charge in [-0.3, -0.25) is 4.90 Å². The van der Waals surface area contributed by atoms with Crippen LogP contribution in [0.15, 0.2) is 53.8 Å². The molecule has 1 aliphatic rings. The molecule has 0 spiro atoms. The summed E-state index contributed by atoms with van der Waals surface area (Å²) in [5, 5.41) is 13.4. The van der Waals surface area contributed by atoms with Gasteiger partial charge < -0.3 is 0 Å². The Morgan fingerprint density at radius 2 is 1.85 bits per heavy atom. The van der Waals surface area contributed by atoms with Crippen LogP contribution in [0.1, 0.15) is 24.1 Å². The lowest BCUT2D eigenvalue weighted by Gasteiger charge is -2.40. The summed E-state index contributed by atoms with van der Waals surface area (Å²) in [5.74, 6) is -0.295. The number of aromatic nitrogens is 5. The van der Waals surface area contributed by atoms with Gasteiger partial charge in [0.15, 0.2) is 0 Å². The number of hydrogen-bond acceptors (Lipinski definition) is 6. The van der Waals surface area contributed by atoms with Gasteiger partial charge in [-0.2, -0.15) is 19.3 Å². The van der Waals surface area contributed by atoms with Crippen LogP contribution in [0.25, 0.3) is 16.6 Å². The number of likely N-dealkylation sites (N-methyl/N-ethyl adjacent to an activating group) is 1. The molecule has 1 unspecified atom stereocenters. The zero-order valence-corrected chi connectivity index (χ0v) is 20.1. The lowest BCUT2D eigenvalue weighted by atomic mass is 9.96. The maximum atomic E-state index is 13.4. The Labute approximate surface area is 197 Å². The molecule has 1 saturated heterocycles. The summed E-state index contributed by atoms with van der Waals surface area (Å²) in [7, 11) is -2.14. The number of rotatable bonds is 5. The Balaban J connectivity index is 1.51. The Morgan fingerprint density at radius 3 is 2.53 bits per heavy atom. The second-order valence-corrected chi connectivity index (χ2v) is 10.4. The van der Waals surface area contributed by atoms with Crippen molar-refractivity contribution in [1.82, 2.24) is 34.0 Å². The molecular weight excluding hydrogens is 457 g/mol. The van der Waals surface area contributed by atoms with Gasteiger partial charge in [0.2, 0.25) is 5.03 Å². The van der Waals surface area contributed by atoms with Gasteiger partial charge in [-0.05, 0) is 61.0 Å². The molecule has 2 aromatic heterocycles. The quantitative estimate of drug-likeness (QED) is 0.434. The van der Waals surface area contributed by atoms with Crippen molar-refractivity contribution in [2.24, 2.45) is 7.05 Å². The van der Waals surface area contributed by atoms with Gasteiger partial charge in [0, 0.05) is 38.1 Å². The molecule has 34 heavy (non-hydrogen) atoms. The summed E-state index contributed by atoms with van der Waals surface area (Å²) < 4.78 is 43.1. The van der Waals surface area contributed by atoms with Crippen molar-refractivity contribution in [3.8, 4) is 5.69 Å². The van der Waals surface area contributed by atoms with E-state index in [1.54, 1.807) is 30.1 Å². The van der Waals surface area contributed by atoms with E-state index >= 15 is 0 Å². The van der Waals surface area contributed by atoms with Crippen molar-refractivity contribution in [3.05, 3.63) is 65.7 Å². The third-order valence-corrected chi connectivity index (χ3v) is 8.16. The van der Waals surface area contributed by atoms with Gasteiger partial charge in [0.1, 0.15) is 5.82 Å². The molecule has 178 valence electrons. The number of piperazine rings is 1. The molecule has 0 radical (unpaired) electrons. The number of hydrogen-bond donors (Lipinski definition) is 0. The summed E-state index contributed by atoms with van der Waals surface area (Å²) >= 11 is 0. The van der Waals surface area contributed by atoms with Gasteiger partial charge in [0.25, 0.3) is 10.0 Å². The first-order valence-corrected chi connectivity index (χ1v) is 12.6. The SMILES string of the molecule is CCN1CCN(S(=O)(=O)c2cnn(C)n2)CC1c1cc2cnn(-c3ccc(F)cc3)c2cc1C. The zero-order valence-electron chi connectivity index (χ0n) is 19.3. The summed E-state index contributed by atoms with van der Waals surface area (Å²) in [4.78, 5) is 3.55. The normalized spacial score (nSPS) is 18.1. The molecule has 1 fully saturated rings. The standard InChI is InChI=1S/C23H26FN7O2S/c1-4-29-9-10-30(34(32,33)23-14-25-28(3)27-23)15-22(29)20-12-17-13-26-31(21(17)11-16(20)2)19-7-5-18(24)6-8-19/h5-8,11-14,22H,4,9-10,15H2,1-3H3. The highest BCUT2D eigenvalue weighted by molar-refractivity contribution is 7.89. The van der Waals surface area contributed by atoms with Crippen molar-refractivity contribution >= 4 is 20.9 Å². The maximum Gasteiger partial charge on any atom is 0.264 e. The number of benzene rings is 2. The van der Waals surface area contributed by atoms with Crippen LogP contribution >= 0.6 is 0 Å². The molecule has 0 saturated carbocycles. The second-order valence-electron chi connectivity index (χ2n) is 8.48. The van der Waals surface area contributed by atoms with E-state index in [1.807, 2.05) is 6.92 Å². The Hall–Kier alpha value is -3.15. The monoisotopic (exact) mass is 483 g/mol. The molecule has 1 aliphatic heterocycles. The van der Waals surface area contributed by atoms with Crippen LogP contribution in [0.5, 0.6) is 0 Å². The van der Waals surface area contributed by atoms with Crippen LogP contribution in [0.4, 0.5) is 4.39 Å². The third-order valence-electron chi connectivity index (χ3n) is 6.43. The minimum Gasteiger partial charge on any atom is -0.294 e. The topological polar surface area (TPSA) is 89.2 Å². The predicted molar refractivity (Wildman–Crippen MR) is 126 cm³/mol. The number of sulfonamides is 1. The molecule has 9 nitrogen and oxygen atoms in total. The van der Waals surface area contributed by atoms with Crippen LogP contribution < -0.4 is 0 Å². The fraction of sp³-hybridized carbons (Fsp3) is 0.348. The average molecular weight is 484 g/mol. The first kappa shape index (κ1) is 22.6. The first-order chi connectivity index (χ1) is 16.3. The Morgan fingerprint density at radius 1 is 1.09 bits per heavy atom. The van der Waals surface area contributed by atoms with E-state index < -0.39 is 10.0 Å². The van der Waals surface area contributed by atoms with Crippen LogP contribution in [0.3, 0.4) is 0 Å². The minimum absolute atomic E-state index is 0.0357. The zero-order chi connectivity index (χ0) is 24.0. The molecule has 5 rings (SSSR count). The van der Waals surface area contributed by atoms with Crippen molar-refractivity contribution in [2.45, 2.75) is 24.9 Å². The number of nitrogens with zero attached hydrogens (tertiary/aromatic N) is 7. The van der Waals surface area contributed by atoms with E-state index in [0.717, 1.165) is 34.3 Å². The lowest BCUT2D eigenvalue weighted by Crippen LogP contribution is -2.50. The highest BCUT2D eigenvalue weighted by Gasteiger charge is 2.36. The van der Waals surface area contributed by atoms with Gasteiger partial charge in [-0.1, -0.05) is 6.92 Å². The van der Waals surface area contributed by atoms with E-state index in [0.29, 0.717) is 19.6 Å². The molecule has 2 aromatic carbocycles. The molecule has 4 aromatic rings. The van der Waals surface area contributed by atoms with Crippen LogP contribution in [-0.2, 0) is 17.1 Å². The van der Waals surface area contributed by atoms with Gasteiger partial charge >= 0.3 is 0 Å². The van der Waals surface area contributed by atoms with E-state index in [1.165, 1.54) is 27.4 Å². The van der Waals surface area contributed by atoms with E-state index in [-0.39, 0.29) is 16.9 Å². The average Bonchev–Trinajstić information content (AvgIpc) is 3.45. The van der Waals surface area contributed by atoms with E-state index in [2.05, 4.69) is 39.3 Å². The molecule has 0 N–H and O–H groups in total. The number of aryl methyl sites for hydroxylation is 2. The highest BCUT2D eigenvalue weighted by atomic mass is 32.2. The molecule has 3 heterocycles. The molecule has 0 aliphatic carbocycles. The van der Waals surface area contributed by atoms with Crippen molar-refractivity contribution < 1.29 is 12.8 Å².